The Bertz CT molecular complexity index is 1130. The number of fused-ring (bicyclic) bond motifs is 2. The predicted octanol–water partition coefficient (Wildman–Crippen LogP) is 6.18. The molecule has 29 heavy (non-hydrogen) atoms. The van der Waals surface area contributed by atoms with Gasteiger partial charge in [0.15, 0.2) is 0 Å². The van der Waals surface area contributed by atoms with Gasteiger partial charge in [-0.25, -0.2) is 0 Å². The average Bonchev–Trinajstić information content (AvgIpc) is 3.31. The number of ketones is 1. The van der Waals surface area contributed by atoms with Crippen molar-refractivity contribution in [2.45, 2.75) is 30.1 Å². The topological polar surface area (TPSA) is 46.2 Å². The van der Waals surface area contributed by atoms with Crippen molar-refractivity contribution in [2.24, 2.45) is 0 Å². The van der Waals surface area contributed by atoms with Gasteiger partial charge in [-0.05, 0) is 57.8 Å². The monoisotopic (exact) mass is 441 g/mol. The summed E-state index contributed by atoms with van der Waals surface area (Å²) in [6.45, 7) is 0. The van der Waals surface area contributed by atoms with Crippen molar-refractivity contribution in [3.8, 4) is 0 Å². The Kier molecular flexibility index (Phi) is 4.54. The number of nitrogens with one attached hydrogen (secondary N) is 1. The van der Waals surface area contributed by atoms with Gasteiger partial charge in [0.05, 0.1) is 5.41 Å². The van der Waals surface area contributed by atoms with Gasteiger partial charge in [0, 0.05) is 40.4 Å². The van der Waals surface area contributed by atoms with E-state index in [9.17, 15) is 9.59 Å². The van der Waals surface area contributed by atoms with Crippen LogP contribution < -0.4 is 5.32 Å². The highest BCUT2D eigenvalue weighted by Crippen LogP contribution is 2.60. The molecule has 0 saturated heterocycles. The maximum absolute atomic E-state index is 13.7. The zero-order chi connectivity index (χ0) is 20.2. The third kappa shape index (κ3) is 2.85. The van der Waals surface area contributed by atoms with Crippen molar-refractivity contribution >= 4 is 51.9 Å². The van der Waals surface area contributed by atoms with Crippen LogP contribution in [0.25, 0.3) is 0 Å². The molecule has 3 unspecified atom stereocenters. The molecule has 1 fully saturated rings. The molecule has 1 aliphatic heterocycles. The first-order valence-electron chi connectivity index (χ1n) is 9.41. The van der Waals surface area contributed by atoms with Crippen LogP contribution in [0.1, 0.15) is 41.4 Å². The van der Waals surface area contributed by atoms with Crippen LogP contribution >= 0.6 is 34.5 Å². The van der Waals surface area contributed by atoms with Crippen LogP contribution in [0.3, 0.4) is 0 Å². The van der Waals surface area contributed by atoms with E-state index in [1.165, 1.54) is 0 Å². The Labute approximate surface area is 182 Å². The van der Waals surface area contributed by atoms with Gasteiger partial charge in [-0.3, -0.25) is 9.59 Å². The zero-order valence-corrected chi connectivity index (χ0v) is 17.7. The van der Waals surface area contributed by atoms with Gasteiger partial charge < -0.3 is 5.32 Å². The number of amides is 1. The van der Waals surface area contributed by atoms with E-state index >= 15 is 0 Å². The van der Waals surface area contributed by atoms with Crippen LogP contribution in [-0.4, -0.2) is 11.7 Å². The van der Waals surface area contributed by atoms with Crippen LogP contribution in [0, 0.1) is 0 Å². The minimum absolute atomic E-state index is 0.0801. The molecule has 146 valence electrons. The number of carbonyl (C=O) groups is 2. The average molecular weight is 442 g/mol. The van der Waals surface area contributed by atoms with Gasteiger partial charge in [0.25, 0.3) is 0 Å². The summed E-state index contributed by atoms with van der Waals surface area (Å²) in [5.41, 5.74) is 2.67. The van der Waals surface area contributed by atoms with Crippen molar-refractivity contribution < 1.29 is 9.59 Å². The number of halogens is 2. The van der Waals surface area contributed by atoms with Crippen LogP contribution in [-0.2, 0) is 15.0 Å². The van der Waals surface area contributed by atoms with Gasteiger partial charge in [-0.15, -0.1) is 0 Å². The third-order valence-corrected chi connectivity index (χ3v) is 7.38. The second-order valence-corrected chi connectivity index (χ2v) is 9.33. The molecule has 3 atom stereocenters. The van der Waals surface area contributed by atoms with Crippen LogP contribution in [0.4, 0.5) is 5.69 Å². The Balaban J connectivity index is 1.81. The molecule has 3 aromatic rings. The van der Waals surface area contributed by atoms with Crippen molar-refractivity contribution in [3.05, 3.63) is 86.0 Å². The summed E-state index contributed by atoms with van der Waals surface area (Å²) in [6.07, 6.45) is 0.639. The molecular formula is C23H17Cl2NO2S. The fraction of sp³-hybridized carbons (Fsp3) is 0.217. The molecular weight excluding hydrogens is 425 g/mol. The Hall–Kier alpha value is -2.14. The van der Waals surface area contributed by atoms with Gasteiger partial charge in [0.1, 0.15) is 5.78 Å². The summed E-state index contributed by atoms with van der Waals surface area (Å²) in [5.74, 6) is -0.480. The number of carbonyl (C=O) groups excluding carboxylic acids is 2. The lowest BCUT2D eigenvalue weighted by Crippen LogP contribution is -2.50. The Morgan fingerprint density at radius 2 is 1.69 bits per heavy atom. The highest BCUT2D eigenvalue weighted by atomic mass is 35.5. The Morgan fingerprint density at radius 1 is 0.931 bits per heavy atom. The second kappa shape index (κ2) is 6.98. The van der Waals surface area contributed by atoms with Crippen molar-refractivity contribution in [1.29, 1.82) is 0 Å². The van der Waals surface area contributed by atoms with Crippen molar-refractivity contribution in [2.75, 3.05) is 5.32 Å². The molecule has 5 rings (SSSR count). The highest BCUT2D eigenvalue weighted by molar-refractivity contribution is 7.08. The summed E-state index contributed by atoms with van der Waals surface area (Å²) < 4.78 is 0. The molecule has 6 heteroatoms. The minimum Gasteiger partial charge on any atom is -0.325 e. The van der Waals surface area contributed by atoms with Crippen LogP contribution in [0.2, 0.25) is 10.0 Å². The fourth-order valence-electron chi connectivity index (χ4n) is 5.08. The van der Waals surface area contributed by atoms with E-state index < -0.39 is 5.41 Å². The summed E-state index contributed by atoms with van der Waals surface area (Å²) in [6, 6.07) is 15.1. The molecule has 1 aromatic heterocycles. The third-order valence-electron chi connectivity index (χ3n) is 6.21. The first kappa shape index (κ1) is 18.9. The number of anilines is 1. The number of thiophene rings is 1. The van der Waals surface area contributed by atoms with Gasteiger partial charge >= 0.3 is 0 Å². The quantitative estimate of drug-likeness (QED) is 0.516. The Morgan fingerprint density at radius 3 is 2.41 bits per heavy atom. The van der Waals surface area contributed by atoms with E-state index in [2.05, 4.69) is 5.32 Å². The summed E-state index contributed by atoms with van der Waals surface area (Å²) >= 11 is 14.1. The maximum atomic E-state index is 13.7. The standard InChI is InChI=1S/C23H17Cl2NO2S/c24-15-3-1-2-13(8-15)19-10-17(27)11-20(14-6-7-29-12-14)23(19)18-5-4-16(25)9-21(18)26-22(23)28/h1-9,12,19-20H,10-11H2,(H,26,28). The molecule has 1 N–H and O–H groups in total. The normalized spacial score (nSPS) is 25.9. The van der Waals surface area contributed by atoms with Gasteiger partial charge in [-0.2, -0.15) is 11.3 Å². The molecule has 1 saturated carbocycles. The number of benzene rings is 2. The van der Waals surface area contributed by atoms with Crippen LogP contribution in [0.15, 0.2) is 59.3 Å². The van der Waals surface area contributed by atoms with E-state index in [1.54, 1.807) is 23.5 Å². The maximum Gasteiger partial charge on any atom is 0.236 e. The molecule has 1 aliphatic carbocycles. The molecule has 2 heterocycles. The summed E-state index contributed by atoms with van der Waals surface area (Å²) in [7, 11) is 0. The van der Waals surface area contributed by atoms with Gasteiger partial charge in [-0.1, -0.05) is 41.4 Å². The number of hydrogen-bond acceptors (Lipinski definition) is 3. The molecule has 1 spiro atoms. The number of Topliss-reactive ketones (excluding diaryl/α,β-unsaturated/α-hetero) is 1. The lowest BCUT2D eigenvalue weighted by molar-refractivity contribution is -0.128. The molecule has 2 aromatic carbocycles. The predicted molar refractivity (Wildman–Crippen MR) is 117 cm³/mol. The van der Waals surface area contributed by atoms with E-state index in [0.29, 0.717) is 22.9 Å². The SMILES string of the molecule is O=C1CC(c2ccsc2)C2(C(=O)Nc3cc(Cl)ccc32)C(c2cccc(Cl)c2)C1. The first-order valence-corrected chi connectivity index (χ1v) is 11.1. The van der Waals surface area contributed by atoms with E-state index in [4.69, 9.17) is 23.2 Å². The fourth-order valence-corrected chi connectivity index (χ4v) is 6.17. The largest absolute Gasteiger partial charge is 0.325 e. The smallest absolute Gasteiger partial charge is 0.236 e. The highest BCUT2D eigenvalue weighted by Gasteiger charge is 2.60. The molecule has 0 bridgehead atoms. The van der Waals surface area contributed by atoms with Crippen molar-refractivity contribution in [3.63, 3.8) is 0 Å². The summed E-state index contributed by atoms with van der Waals surface area (Å²) in [5, 5.41) is 8.25. The van der Waals surface area contributed by atoms with Crippen molar-refractivity contribution in [1.82, 2.24) is 0 Å². The van der Waals surface area contributed by atoms with E-state index in [0.717, 1.165) is 22.4 Å². The molecule has 3 nitrogen and oxygen atoms in total. The molecule has 1 amide bonds. The summed E-state index contributed by atoms with van der Waals surface area (Å²) in [4.78, 5) is 26.6. The van der Waals surface area contributed by atoms with Crippen LogP contribution in [0.5, 0.6) is 0 Å². The minimum atomic E-state index is -0.889. The zero-order valence-electron chi connectivity index (χ0n) is 15.3. The number of rotatable bonds is 2. The lowest BCUT2D eigenvalue weighted by Gasteiger charge is -2.45. The molecule has 0 radical (unpaired) electrons. The number of hydrogen-bond donors (Lipinski definition) is 1. The first-order chi connectivity index (χ1) is 14.0. The molecule has 2 aliphatic rings. The van der Waals surface area contributed by atoms with E-state index in [-0.39, 0.29) is 23.5 Å². The van der Waals surface area contributed by atoms with Gasteiger partial charge in [0.2, 0.25) is 5.91 Å². The second-order valence-electron chi connectivity index (χ2n) is 7.68. The van der Waals surface area contributed by atoms with E-state index in [1.807, 2.05) is 47.2 Å². The lowest BCUT2D eigenvalue weighted by atomic mass is 9.54.